The minimum Gasteiger partial charge on any atom is -0.271 e. The first-order valence-electron chi connectivity index (χ1n) is 8.81. The highest BCUT2D eigenvalue weighted by Gasteiger charge is 2.34. The van der Waals surface area contributed by atoms with E-state index >= 15 is 0 Å². The Labute approximate surface area is 164 Å². The van der Waals surface area contributed by atoms with E-state index in [2.05, 4.69) is 5.10 Å². The Hall–Kier alpha value is -1.82. The summed E-state index contributed by atoms with van der Waals surface area (Å²) in [5.41, 5.74) is 0.956. The molecule has 2 aromatic rings. The minimum atomic E-state index is -3.82. The Balaban J connectivity index is 1.84. The molecule has 1 aromatic heterocycles. The van der Waals surface area contributed by atoms with E-state index < -0.39 is 25.9 Å². The number of hydrogen-bond donors (Lipinski definition) is 0. The Morgan fingerprint density at radius 3 is 1.93 bits per heavy atom. The zero-order valence-corrected chi connectivity index (χ0v) is 17.6. The molecule has 1 fully saturated rings. The van der Waals surface area contributed by atoms with Gasteiger partial charge in [0.15, 0.2) is 0 Å². The van der Waals surface area contributed by atoms with Gasteiger partial charge in [-0.1, -0.05) is 0 Å². The number of aryl methyl sites for hydroxylation is 2. The molecule has 0 bridgehead atoms. The largest absolute Gasteiger partial charge is 0.271 e. The van der Waals surface area contributed by atoms with Crippen LogP contribution < -0.4 is 0 Å². The van der Waals surface area contributed by atoms with E-state index in [4.69, 9.17) is 0 Å². The molecule has 0 aliphatic carbocycles. The molecular weight excluding hydrogens is 407 g/mol. The maximum atomic E-state index is 13.1. The third kappa shape index (κ3) is 3.71. The SMILES string of the molecule is Cc1nn(C)c(C)c1S(=O)(=O)N1CCCN(S(=O)(=O)c2ccc(F)cc2)CC1. The molecule has 0 spiro atoms. The maximum Gasteiger partial charge on any atom is 0.246 e. The van der Waals surface area contributed by atoms with Crippen molar-refractivity contribution >= 4 is 20.0 Å². The van der Waals surface area contributed by atoms with E-state index in [1.165, 1.54) is 25.4 Å². The molecule has 11 heteroatoms. The lowest BCUT2D eigenvalue weighted by molar-refractivity contribution is 0.404. The number of halogens is 1. The number of sulfonamides is 2. The monoisotopic (exact) mass is 430 g/mol. The highest BCUT2D eigenvalue weighted by atomic mass is 32.2. The minimum absolute atomic E-state index is 0.0100. The first-order valence-corrected chi connectivity index (χ1v) is 11.7. The smallest absolute Gasteiger partial charge is 0.246 e. The predicted octanol–water partition coefficient (Wildman–Crippen LogP) is 1.26. The molecule has 3 rings (SSSR count). The van der Waals surface area contributed by atoms with Crippen molar-refractivity contribution in [3.05, 3.63) is 41.5 Å². The summed E-state index contributed by atoms with van der Waals surface area (Å²) in [6, 6.07) is 4.61. The normalized spacial score (nSPS) is 17.6. The molecule has 1 aliphatic heterocycles. The zero-order chi connectivity index (χ0) is 20.7. The van der Waals surface area contributed by atoms with Gasteiger partial charge >= 0.3 is 0 Å². The van der Waals surface area contributed by atoms with Gasteiger partial charge in [0, 0.05) is 33.2 Å². The second-order valence-corrected chi connectivity index (χ2v) is 10.6. The molecular formula is C17H23FN4O4S2. The van der Waals surface area contributed by atoms with Gasteiger partial charge in [0.25, 0.3) is 0 Å². The standard InChI is InChI=1S/C17H23FN4O4S2/c1-13-17(14(2)20(3)19-13)28(25,26)22-10-4-9-21(11-12-22)27(23,24)16-7-5-15(18)6-8-16/h5-8H,4,9-12H2,1-3H3. The molecule has 8 nitrogen and oxygen atoms in total. The van der Waals surface area contributed by atoms with Crippen molar-refractivity contribution in [3.8, 4) is 0 Å². The van der Waals surface area contributed by atoms with Crippen molar-refractivity contribution in [2.24, 2.45) is 7.05 Å². The first-order chi connectivity index (χ1) is 13.0. The molecule has 154 valence electrons. The molecule has 0 amide bonds. The van der Waals surface area contributed by atoms with E-state index in [0.717, 1.165) is 12.1 Å². The van der Waals surface area contributed by atoms with Crippen molar-refractivity contribution in [3.63, 3.8) is 0 Å². The van der Waals surface area contributed by atoms with E-state index in [9.17, 15) is 21.2 Å². The number of benzene rings is 1. The Morgan fingerprint density at radius 1 is 0.893 bits per heavy atom. The van der Waals surface area contributed by atoms with Crippen LogP contribution in [0.4, 0.5) is 4.39 Å². The number of nitrogens with zero attached hydrogens (tertiary/aromatic N) is 4. The summed E-state index contributed by atoms with van der Waals surface area (Å²) in [5, 5.41) is 4.17. The molecule has 0 saturated carbocycles. The van der Waals surface area contributed by atoms with Gasteiger partial charge < -0.3 is 0 Å². The van der Waals surface area contributed by atoms with Gasteiger partial charge in [-0.25, -0.2) is 21.2 Å². The van der Waals surface area contributed by atoms with Gasteiger partial charge in [-0.2, -0.15) is 13.7 Å². The fourth-order valence-electron chi connectivity index (χ4n) is 3.36. The van der Waals surface area contributed by atoms with E-state index in [-0.39, 0.29) is 36.0 Å². The fraction of sp³-hybridized carbons (Fsp3) is 0.471. The van der Waals surface area contributed by atoms with Crippen LogP contribution in [0.25, 0.3) is 0 Å². The van der Waals surface area contributed by atoms with Crippen LogP contribution in [0.5, 0.6) is 0 Å². The third-order valence-electron chi connectivity index (χ3n) is 4.91. The van der Waals surface area contributed by atoms with Crippen molar-refractivity contribution in [2.75, 3.05) is 26.2 Å². The zero-order valence-electron chi connectivity index (χ0n) is 16.0. The molecule has 28 heavy (non-hydrogen) atoms. The molecule has 0 unspecified atom stereocenters. The molecule has 1 aromatic carbocycles. The van der Waals surface area contributed by atoms with Crippen LogP contribution in [0.1, 0.15) is 17.8 Å². The van der Waals surface area contributed by atoms with Crippen molar-refractivity contribution in [1.29, 1.82) is 0 Å². The van der Waals surface area contributed by atoms with Crippen molar-refractivity contribution < 1.29 is 21.2 Å². The number of rotatable bonds is 4. The topological polar surface area (TPSA) is 92.6 Å². The summed E-state index contributed by atoms with van der Waals surface area (Å²) < 4.78 is 69.0. The summed E-state index contributed by atoms with van der Waals surface area (Å²) in [6.45, 7) is 3.80. The van der Waals surface area contributed by atoms with Gasteiger partial charge in [0.05, 0.1) is 16.3 Å². The average Bonchev–Trinajstić information content (AvgIpc) is 2.81. The Morgan fingerprint density at radius 2 is 1.43 bits per heavy atom. The van der Waals surface area contributed by atoms with Crippen LogP contribution in [0.15, 0.2) is 34.1 Å². The third-order valence-corrected chi connectivity index (χ3v) is 8.97. The lowest BCUT2D eigenvalue weighted by Gasteiger charge is -2.22. The lowest BCUT2D eigenvalue weighted by atomic mass is 10.4. The van der Waals surface area contributed by atoms with Gasteiger partial charge in [-0.05, 0) is 44.5 Å². The molecule has 1 saturated heterocycles. The summed E-state index contributed by atoms with van der Waals surface area (Å²) in [5.74, 6) is -0.519. The van der Waals surface area contributed by atoms with E-state index in [1.54, 1.807) is 20.9 Å². The van der Waals surface area contributed by atoms with Crippen molar-refractivity contribution in [2.45, 2.75) is 30.1 Å². The lowest BCUT2D eigenvalue weighted by Crippen LogP contribution is -2.37. The summed E-state index contributed by atoms with van der Waals surface area (Å²) in [6.07, 6.45) is 0.359. The van der Waals surface area contributed by atoms with Crippen LogP contribution in [0.3, 0.4) is 0 Å². The predicted molar refractivity (Wildman–Crippen MR) is 101 cm³/mol. The highest BCUT2D eigenvalue weighted by molar-refractivity contribution is 7.89. The second-order valence-electron chi connectivity index (χ2n) is 6.74. The van der Waals surface area contributed by atoms with Gasteiger partial charge in [-0.3, -0.25) is 4.68 Å². The van der Waals surface area contributed by atoms with Crippen LogP contribution in [0, 0.1) is 19.7 Å². The van der Waals surface area contributed by atoms with Crippen molar-refractivity contribution in [1.82, 2.24) is 18.4 Å². The highest BCUT2D eigenvalue weighted by Crippen LogP contribution is 2.25. The molecule has 0 atom stereocenters. The van der Waals surface area contributed by atoms with Crippen LogP contribution >= 0.6 is 0 Å². The molecule has 2 heterocycles. The molecule has 1 aliphatic rings. The quantitative estimate of drug-likeness (QED) is 0.728. The van der Waals surface area contributed by atoms with Crippen LogP contribution in [-0.4, -0.2) is 61.4 Å². The van der Waals surface area contributed by atoms with Gasteiger partial charge in [0.1, 0.15) is 10.7 Å². The van der Waals surface area contributed by atoms with Crippen LogP contribution in [0.2, 0.25) is 0 Å². The molecule has 0 radical (unpaired) electrons. The molecule has 0 N–H and O–H groups in total. The second kappa shape index (κ2) is 7.54. The first kappa shape index (κ1) is 20.9. The van der Waals surface area contributed by atoms with Crippen LogP contribution in [-0.2, 0) is 27.1 Å². The maximum absolute atomic E-state index is 13.1. The Kier molecular flexibility index (Phi) is 5.63. The summed E-state index contributed by atoms with van der Waals surface area (Å²) in [4.78, 5) is 0.161. The fourth-order valence-corrected chi connectivity index (χ4v) is 6.70. The van der Waals surface area contributed by atoms with Gasteiger partial charge in [-0.15, -0.1) is 0 Å². The van der Waals surface area contributed by atoms with E-state index in [1.807, 2.05) is 0 Å². The summed E-state index contributed by atoms with van der Waals surface area (Å²) in [7, 11) is -5.92. The average molecular weight is 431 g/mol. The van der Waals surface area contributed by atoms with E-state index in [0.29, 0.717) is 17.8 Å². The Bertz CT molecular complexity index is 1080. The summed E-state index contributed by atoms with van der Waals surface area (Å²) >= 11 is 0. The number of hydrogen-bond acceptors (Lipinski definition) is 5. The van der Waals surface area contributed by atoms with Gasteiger partial charge in [0.2, 0.25) is 20.0 Å². The number of aromatic nitrogens is 2.